The van der Waals surface area contributed by atoms with Gasteiger partial charge >= 0.3 is 5.97 Å². The SMILES string of the molecule is CCCN(CCC)C(=O)C1=Cc2c(CCCCN/C(=N/c3cccc(C#N)c3)NCCOCCOCCOCCOCCOCCOCCOCCOCCOCCOCCC(=O)OC(C)(C)C)cc(-c3cccc(S(=O)(=O)N4CC(CO)C4)c3)cc2N=C(N)C1. The molecule has 3 aromatic rings. The van der Waals surface area contributed by atoms with Gasteiger partial charge in [0.25, 0.3) is 0 Å². The van der Waals surface area contributed by atoms with Crippen molar-refractivity contribution >= 4 is 51.1 Å². The van der Waals surface area contributed by atoms with Crippen molar-refractivity contribution in [2.45, 2.75) is 90.1 Å². The Balaban J connectivity index is 0.946. The molecule has 2 aliphatic rings. The molecule has 0 aromatic heterocycles. The van der Waals surface area contributed by atoms with Crippen LogP contribution in [0.5, 0.6) is 0 Å². The first-order valence-corrected chi connectivity index (χ1v) is 33.3. The Labute approximate surface area is 539 Å². The highest BCUT2D eigenvalue weighted by Crippen LogP contribution is 2.37. The molecule has 0 saturated carbocycles. The second kappa shape index (κ2) is 43.8. The lowest BCUT2D eigenvalue weighted by molar-refractivity contribution is -0.156. The smallest absolute Gasteiger partial charge is 0.308 e. The number of esters is 1. The number of fused-ring (bicyclic) bond motifs is 1. The number of sulfonamides is 1. The summed E-state index contributed by atoms with van der Waals surface area (Å²) < 4.78 is 89.6. The molecule has 0 aliphatic carbocycles. The predicted molar refractivity (Wildman–Crippen MR) is 348 cm³/mol. The number of aliphatic imine (C=N–C) groups is 2. The molecule has 506 valence electrons. The number of guanidine groups is 1. The number of aryl methyl sites for hydroxylation is 1. The number of nitrogens with two attached hydrogens (primary N) is 1. The Kier molecular flexibility index (Phi) is 36.5. The highest BCUT2D eigenvalue weighted by molar-refractivity contribution is 7.89. The van der Waals surface area contributed by atoms with Gasteiger partial charge in [0, 0.05) is 69.4 Å². The fourth-order valence-electron chi connectivity index (χ4n) is 9.39. The van der Waals surface area contributed by atoms with Crippen molar-refractivity contribution in [2.75, 3.05) is 178 Å². The number of nitrogens with zero attached hydrogens (tertiary/aromatic N) is 5. The van der Waals surface area contributed by atoms with E-state index in [-0.39, 0.29) is 55.2 Å². The van der Waals surface area contributed by atoms with E-state index in [1.165, 1.54) is 4.31 Å². The number of amides is 1. The number of ether oxygens (including phenoxy) is 11. The van der Waals surface area contributed by atoms with Crippen LogP contribution in [0.1, 0.15) is 89.8 Å². The lowest BCUT2D eigenvalue weighted by Crippen LogP contribution is -2.51. The van der Waals surface area contributed by atoms with E-state index in [0.29, 0.717) is 205 Å². The number of benzene rings is 3. The van der Waals surface area contributed by atoms with Crippen molar-refractivity contribution in [1.29, 1.82) is 5.26 Å². The van der Waals surface area contributed by atoms with E-state index >= 15 is 0 Å². The van der Waals surface area contributed by atoms with Crippen molar-refractivity contribution in [3.8, 4) is 17.2 Å². The normalized spacial score (nSPS) is 13.8. The average molecular weight is 1290 g/mol. The van der Waals surface area contributed by atoms with Crippen molar-refractivity contribution < 1.29 is 75.2 Å². The van der Waals surface area contributed by atoms with Crippen LogP contribution in [0.2, 0.25) is 0 Å². The Morgan fingerprint density at radius 1 is 0.703 bits per heavy atom. The standard InChI is InChI=1S/C66H100N8O16S/c1-6-20-73(21-7-2)64(77)57-45-60-55(43-56(46-61(60)72-62(68)47-57)54-14-11-16-59(44-54)91(78,79)74-49-53(50-74)51-75)13-8-9-18-69-65(71-58-15-10-12-52(42-58)48-67)70-19-23-81-25-27-83-29-31-85-33-35-87-37-39-89-41-40-88-38-36-86-34-32-84-30-28-82-26-24-80-22-17-63(76)90-66(3,4)5/h10-12,14-16,42-46,53,75H,6-9,13,17-41,47,49-51H2,1-5H3,(H2,68,72)(H2,69,70,71). The van der Waals surface area contributed by atoms with Crippen molar-refractivity contribution in [3.05, 3.63) is 82.9 Å². The first-order chi connectivity index (χ1) is 44.1. The summed E-state index contributed by atoms with van der Waals surface area (Å²) in [5.41, 5.74) is 11.6. The van der Waals surface area contributed by atoms with Crippen LogP contribution < -0.4 is 16.4 Å². The number of hydrogen-bond donors (Lipinski definition) is 4. The molecule has 24 nitrogen and oxygen atoms in total. The highest BCUT2D eigenvalue weighted by Gasteiger charge is 2.36. The molecule has 0 bridgehead atoms. The molecular formula is C66H100N8O16S. The maximum absolute atomic E-state index is 14.1. The number of unbranched alkanes of at least 4 members (excludes halogenated alkanes) is 1. The van der Waals surface area contributed by atoms with E-state index in [2.05, 4.69) is 36.6 Å². The van der Waals surface area contributed by atoms with E-state index in [0.717, 1.165) is 42.4 Å². The number of aliphatic hydroxyl groups is 1. The van der Waals surface area contributed by atoms with Crippen LogP contribution in [-0.4, -0.2) is 230 Å². The third kappa shape index (κ3) is 30.1. The number of nitriles is 1. The minimum Gasteiger partial charge on any atom is -0.460 e. The molecule has 2 aliphatic heterocycles. The number of hydrogen-bond acceptors (Lipinski definition) is 20. The van der Waals surface area contributed by atoms with E-state index in [9.17, 15) is 28.4 Å². The predicted octanol–water partition coefficient (Wildman–Crippen LogP) is 6.35. The number of carbonyl (C=O) groups excluding carboxylic acids is 2. The molecule has 0 radical (unpaired) electrons. The van der Waals surface area contributed by atoms with Crippen LogP contribution in [0, 0.1) is 17.2 Å². The van der Waals surface area contributed by atoms with Gasteiger partial charge in [0.15, 0.2) is 5.96 Å². The number of carbonyl (C=O) groups is 2. The zero-order valence-electron chi connectivity index (χ0n) is 54.3. The average Bonchev–Trinajstić information content (AvgIpc) is 1.57. The number of aliphatic hydroxyl groups excluding tert-OH is 1. The molecule has 1 amide bonds. The van der Waals surface area contributed by atoms with Gasteiger partial charge < -0.3 is 78.5 Å². The van der Waals surface area contributed by atoms with E-state index in [1.54, 1.807) is 36.4 Å². The van der Waals surface area contributed by atoms with Crippen molar-refractivity contribution in [1.82, 2.24) is 19.8 Å². The highest BCUT2D eigenvalue weighted by atomic mass is 32.2. The minimum atomic E-state index is -3.78. The van der Waals surface area contributed by atoms with Gasteiger partial charge in [0.05, 0.1) is 166 Å². The summed E-state index contributed by atoms with van der Waals surface area (Å²) in [5.74, 6) is 0.426. The molecular weight excluding hydrogens is 1190 g/mol. The van der Waals surface area contributed by atoms with Crippen LogP contribution in [-0.2, 0) is 78.1 Å². The van der Waals surface area contributed by atoms with Crippen molar-refractivity contribution in [2.24, 2.45) is 21.6 Å². The van der Waals surface area contributed by atoms with Gasteiger partial charge in [-0.1, -0.05) is 38.1 Å². The Hall–Kier alpha value is -5.96. The lowest BCUT2D eigenvalue weighted by Gasteiger charge is -2.36. The fourth-order valence-corrected chi connectivity index (χ4v) is 11.0. The summed E-state index contributed by atoms with van der Waals surface area (Å²) in [7, 11) is -3.78. The Bertz CT molecular complexity index is 2850. The maximum Gasteiger partial charge on any atom is 0.308 e. The fraction of sp³-hybridized carbons (Fsp3) is 0.621. The van der Waals surface area contributed by atoms with Gasteiger partial charge in [-0.3, -0.25) is 9.59 Å². The van der Waals surface area contributed by atoms with Crippen LogP contribution in [0.15, 0.2) is 81.1 Å². The quantitative estimate of drug-likeness (QED) is 0.0207. The largest absolute Gasteiger partial charge is 0.460 e. The van der Waals surface area contributed by atoms with Crippen LogP contribution in [0.25, 0.3) is 17.2 Å². The van der Waals surface area contributed by atoms with Gasteiger partial charge in [-0.15, -0.1) is 0 Å². The van der Waals surface area contributed by atoms with Gasteiger partial charge in [0.1, 0.15) is 11.4 Å². The molecule has 0 atom stereocenters. The third-order valence-electron chi connectivity index (χ3n) is 13.9. The summed E-state index contributed by atoms with van der Waals surface area (Å²) in [6, 6.07) is 20.1. The van der Waals surface area contributed by atoms with Gasteiger partial charge in [-0.2, -0.15) is 9.57 Å². The zero-order chi connectivity index (χ0) is 65.4. The molecule has 5 N–H and O–H groups in total. The maximum atomic E-state index is 14.1. The molecule has 1 fully saturated rings. The number of nitrogens with one attached hydrogen (secondary N) is 2. The van der Waals surface area contributed by atoms with Crippen LogP contribution in [0.3, 0.4) is 0 Å². The molecule has 1 saturated heterocycles. The molecule has 25 heteroatoms. The van der Waals surface area contributed by atoms with Crippen molar-refractivity contribution in [3.63, 3.8) is 0 Å². The molecule has 3 aromatic carbocycles. The Morgan fingerprint density at radius 3 is 1.76 bits per heavy atom. The topological polar surface area (TPSA) is 295 Å². The van der Waals surface area contributed by atoms with Gasteiger partial charge in [-0.25, -0.2) is 18.4 Å². The molecule has 0 spiro atoms. The van der Waals surface area contributed by atoms with Crippen LogP contribution >= 0.6 is 0 Å². The summed E-state index contributed by atoms with van der Waals surface area (Å²) in [6.45, 7) is 20.9. The molecule has 0 unspecified atom stereocenters. The summed E-state index contributed by atoms with van der Waals surface area (Å²) in [5, 5.41) is 25.9. The first-order valence-electron chi connectivity index (χ1n) is 31.9. The van der Waals surface area contributed by atoms with Gasteiger partial charge in [0.2, 0.25) is 15.9 Å². The monoisotopic (exact) mass is 1290 g/mol. The second-order valence-corrected chi connectivity index (χ2v) is 24.5. The third-order valence-corrected chi connectivity index (χ3v) is 15.7. The van der Waals surface area contributed by atoms with Gasteiger partial charge in [-0.05, 0) is 112 Å². The number of rotatable bonds is 48. The Morgan fingerprint density at radius 2 is 1.23 bits per heavy atom. The second-order valence-electron chi connectivity index (χ2n) is 22.6. The van der Waals surface area contributed by atoms with Crippen LogP contribution in [0.4, 0.5) is 11.4 Å². The summed E-state index contributed by atoms with van der Waals surface area (Å²) >= 11 is 0. The molecule has 91 heavy (non-hydrogen) atoms. The molecule has 5 rings (SSSR count). The molecule has 2 heterocycles. The van der Waals surface area contributed by atoms with E-state index < -0.39 is 15.6 Å². The summed E-state index contributed by atoms with van der Waals surface area (Å²) in [4.78, 5) is 37.4. The summed E-state index contributed by atoms with van der Waals surface area (Å²) in [6.07, 6.45) is 6.07. The van der Waals surface area contributed by atoms with E-state index in [1.807, 2.05) is 49.9 Å². The lowest BCUT2D eigenvalue weighted by atomic mass is 9.93. The van der Waals surface area contributed by atoms with E-state index in [4.69, 9.17) is 67.8 Å². The first kappa shape index (κ1) is 75.8. The minimum absolute atomic E-state index is 0.0615. The zero-order valence-corrected chi connectivity index (χ0v) is 55.1. The number of amidine groups is 1.